The maximum Gasteiger partial charge on any atom is 0.149 e. The van der Waals surface area contributed by atoms with Gasteiger partial charge in [-0.15, -0.1) is 0 Å². The highest BCUT2D eigenvalue weighted by atomic mass is 15.2. The predicted octanol–water partition coefficient (Wildman–Crippen LogP) is 2.64. The Morgan fingerprint density at radius 2 is 2.00 bits per heavy atom. The first kappa shape index (κ1) is 11.8. The molecule has 0 saturated carbocycles. The minimum absolute atomic E-state index is 0.400. The second kappa shape index (κ2) is 4.46. The van der Waals surface area contributed by atoms with Crippen LogP contribution in [-0.4, -0.2) is 11.5 Å². The number of pyridine rings is 1. The summed E-state index contributed by atoms with van der Waals surface area (Å²) >= 11 is 0. The van der Waals surface area contributed by atoms with Gasteiger partial charge in [0.1, 0.15) is 11.6 Å². The number of aryl methyl sites for hydroxylation is 2. The summed E-state index contributed by atoms with van der Waals surface area (Å²) in [5.41, 5.74) is 16.0. The Morgan fingerprint density at radius 3 is 2.79 bits per heavy atom. The summed E-state index contributed by atoms with van der Waals surface area (Å²) < 4.78 is 0. The van der Waals surface area contributed by atoms with Crippen molar-refractivity contribution >= 4 is 23.0 Å². The smallest absolute Gasteiger partial charge is 0.149 e. The molecule has 1 aromatic heterocycles. The van der Waals surface area contributed by atoms with Gasteiger partial charge in [-0.3, -0.25) is 0 Å². The zero-order valence-electron chi connectivity index (χ0n) is 11.1. The number of benzene rings is 1. The van der Waals surface area contributed by atoms with Gasteiger partial charge in [0.25, 0.3) is 0 Å². The molecule has 0 amide bonds. The molecule has 0 spiro atoms. The molecule has 1 aliphatic rings. The molecule has 4 nitrogen and oxygen atoms in total. The van der Waals surface area contributed by atoms with Gasteiger partial charge in [0.15, 0.2) is 0 Å². The molecule has 1 aromatic carbocycles. The summed E-state index contributed by atoms with van der Waals surface area (Å²) in [5.74, 6) is 1.27. The Balaban J connectivity index is 2.05. The summed E-state index contributed by atoms with van der Waals surface area (Å²) in [6.07, 6.45) is 2.25. The zero-order chi connectivity index (χ0) is 13.4. The summed E-state index contributed by atoms with van der Waals surface area (Å²) in [4.78, 5) is 6.61. The first-order valence-electron chi connectivity index (χ1n) is 6.54. The average molecular weight is 254 g/mol. The molecule has 1 aliphatic heterocycles. The number of aromatic nitrogens is 1. The summed E-state index contributed by atoms with van der Waals surface area (Å²) in [6.45, 7) is 3.09. The monoisotopic (exact) mass is 254 g/mol. The normalized spacial score (nSPS) is 14.3. The third-order valence-corrected chi connectivity index (χ3v) is 3.57. The summed E-state index contributed by atoms with van der Waals surface area (Å²) in [5, 5.41) is 0. The molecule has 0 saturated heterocycles. The number of hydrogen-bond acceptors (Lipinski definition) is 4. The van der Waals surface area contributed by atoms with Crippen LogP contribution in [-0.2, 0) is 6.42 Å². The number of anilines is 4. The number of nitrogen functional groups attached to an aromatic ring is 2. The van der Waals surface area contributed by atoms with Gasteiger partial charge in [-0.2, -0.15) is 0 Å². The molecule has 2 heterocycles. The average Bonchev–Trinajstić information content (AvgIpc) is 2.41. The fourth-order valence-electron chi connectivity index (χ4n) is 2.59. The van der Waals surface area contributed by atoms with Crippen LogP contribution in [0.4, 0.5) is 23.0 Å². The molecule has 3 rings (SSSR count). The second-order valence-electron chi connectivity index (χ2n) is 5.03. The lowest BCUT2D eigenvalue weighted by Crippen LogP contribution is -2.25. The highest BCUT2D eigenvalue weighted by molar-refractivity contribution is 5.70. The van der Waals surface area contributed by atoms with E-state index in [-0.39, 0.29) is 0 Å². The van der Waals surface area contributed by atoms with Gasteiger partial charge in [-0.1, -0.05) is 17.7 Å². The first-order valence-corrected chi connectivity index (χ1v) is 6.54. The Bertz CT molecular complexity index is 622. The van der Waals surface area contributed by atoms with E-state index >= 15 is 0 Å². The zero-order valence-corrected chi connectivity index (χ0v) is 11.1. The fourth-order valence-corrected chi connectivity index (χ4v) is 2.59. The number of nitrogens with two attached hydrogens (primary N) is 2. The van der Waals surface area contributed by atoms with Crippen LogP contribution in [0.2, 0.25) is 0 Å². The predicted molar refractivity (Wildman–Crippen MR) is 79.6 cm³/mol. The third kappa shape index (κ3) is 2.10. The Kier molecular flexibility index (Phi) is 2.78. The Hall–Kier alpha value is -2.23. The van der Waals surface area contributed by atoms with Gasteiger partial charge >= 0.3 is 0 Å². The van der Waals surface area contributed by atoms with Crippen LogP contribution in [0.5, 0.6) is 0 Å². The number of fused-ring (bicyclic) bond motifs is 1. The van der Waals surface area contributed by atoms with Gasteiger partial charge in [-0.05, 0) is 43.5 Å². The number of rotatable bonds is 1. The van der Waals surface area contributed by atoms with Crippen LogP contribution in [0.15, 0.2) is 30.3 Å². The van der Waals surface area contributed by atoms with E-state index in [1.807, 2.05) is 12.1 Å². The maximum atomic E-state index is 5.81. The number of hydrogen-bond donors (Lipinski definition) is 2. The van der Waals surface area contributed by atoms with Crippen molar-refractivity contribution in [2.24, 2.45) is 0 Å². The van der Waals surface area contributed by atoms with Crippen molar-refractivity contribution < 1.29 is 0 Å². The molecule has 98 valence electrons. The Morgan fingerprint density at radius 1 is 1.16 bits per heavy atom. The molecule has 0 fully saturated rings. The van der Waals surface area contributed by atoms with Crippen molar-refractivity contribution in [3.8, 4) is 0 Å². The molecule has 19 heavy (non-hydrogen) atoms. The molecule has 0 unspecified atom stereocenters. The van der Waals surface area contributed by atoms with Gasteiger partial charge in [-0.25, -0.2) is 4.98 Å². The molecule has 2 aromatic rings. The van der Waals surface area contributed by atoms with Gasteiger partial charge < -0.3 is 16.4 Å². The molecule has 0 atom stereocenters. The first-order chi connectivity index (χ1) is 9.15. The fraction of sp³-hybridized carbons (Fsp3) is 0.267. The molecule has 4 heteroatoms. The quantitative estimate of drug-likeness (QED) is 0.821. The van der Waals surface area contributed by atoms with Crippen molar-refractivity contribution in [1.29, 1.82) is 0 Å². The second-order valence-corrected chi connectivity index (χ2v) is 5.03. The Labute approximate surface area is 113 Å². The van der Waals surface area contributed by atoms with Crippen LogP contribution in [0.25, 0.3) is 0 Å². The van der Waals surface area contributed by atoms with Crippen LogP contribution in [0.1, 0.15) is 17.5 Å². The lowest BCUT2D eigenvalue weighted by atomic mass is 9.99. The van der Waals surface area contributed by atoms with Crippen LogP contribution >= 0.6 is 0 Å². The van der Waals surface area contributed by atoms with Crippen molar-refractivity contribution in [3.63, 3.8) is 0 Å². The van der Waals surface area contributed by atoms with Crippen LogP contribution in [0, 0.1) is 6.92 Å². The summed E-state index contributed by atoms with van der Waals surface area (Å²) in [7, 11) is 0. The third-order valence-electron chi connectivity index (χ3n) is 3.57. The molecule has 0 bridgehead atoms. The highest BCUT2D eigenvalue weighted by Gasteiger charge is 2.19. The van der Waals surface area contributed by atoms with Crippen molar-refractivity contribution in [3.05, 3.63) is 41.5 Å². The SMILES string of the molecule is Cc1ccc2c(c1)CCCN2c1ccc(N)c(N)n1. The van der Waals surface area contributed by atoms with Gasteiger partial charge in [0.2, 0.25) is 0 Å². The minimum Gasteiger partial charge on any atom is -0.396 e. The van der Waals surface area contributed by atoms with E-state index in [9.17, 15) is 0 Å². The number of nitrogens with zero attached hydrogens (tertiary/aromatic N) is 2. The maximum absolute atomic E-state index is 5.81. The van der Waals surface area contributed by atoms with E-state index < -0.39 is 0 Å². The topological polar surface area (TPSA) is 68.2 Å². The van der Waals surface area contributed by atoms with Crippen molar-refractivity contribution in [2.75, 3.05) is 22.9 Å². The largest absolute Gasteiger partial charge is 0.396 e. The molecule has 4 N–H and O–H groups in total. The van der Waals surface area contributed by atoms with E-state index in [4.69, 9.17) is 11.5 Å². The standard InChI is InChI=1S/C15H18N4/c1-10-4-6-13-11(9-10)3-2-8-19(13)14-7-5-12(16)15(17)18-14/h4-7,9H,2-3,8,16H2,1H3,(H2,17,18). The van der Waals surface area contributed by atoms with E-state index in [0.29, 0.717) is 11.5 Å². The molecule has 0 aliphatic carbocycles. The lowest BCUT2D eigenvalue weighted by Gasteiger charge is -2.30. The molecule has 0 radical (unpaired) electrons. The van der Waals surface area contributed by atoms with Crippen LogP contribution < -0.4 is 16.4 Å². The van der Waals surface area contributed by atoms with Gasteiger partial charge in [0, 0.05) is 12.2 Å². The van der Waals surface area contributed by atoms with E-state index in [1.165, 1.54) is 16.8 Å². The van der Waals surface area contributed by atoms with E-state index in [0.717, 1.165) is 25.2 Å². The lowest BCUT2D eigenvalue weighted by molar-refractivity contribution is 0.759. The van der Waals surface area contributed by atoms with Crippen molar-refractivity contribution in [1.82, 2.24) is 4.98 Å². The molecular formula is C15H18N4. The molecular weight excluding hydrogens is 236 g/mol. The van der Waals surface area contributed by atoms with Crippen molar-refractivity contribution in [2.45, 2.75) is 19.8 Å². The van der Waals surface area contributed by atoms with Gasteiger partial charge in [0.05, 0.1) is 5.69 Å². The van der Waals surface area contributed by atoms with Crippen LogP contribution in [0.3, 0.4) is 0 Å². The highest BCUT2D eigenvalue weighted by Crippen LogP contribution is 2.33. The summed E-state index contributed by atoms with van der Waals surface area (Å²) in [6, 6.07) is 10.3. The minimum atomic E-state index is 0.400. The van der Waals surface area contributed by atoms with E-state index in [1.54, 1.807) is 0 Å². The van der Waals surface area contributed by atoms with E-state index in [2.05, 4.69) is 35.0 Å².